The molecule has 0 amide bonds. The summed E-state index contributed by atoms with van der Waals surface area (Å²) in [6.07, 6.45) is 1.06. The highest BCUT2D eigenvalue weighted by atomic mass is 15.0. The quantitative estimate of drug-likeness (QED) is 0.769. The first-order chi connectivity index (χ1) is 10.2. The van der Waals surface area contributed by atoms with Gasteiger partial charge in [-0.25, -0.2) is 0 Å². The Morgan fingerprint density at radius 1 is 0.952 bits per heavy atom. The molecule has 2 nitrogen and oxygen atoms in total. The van der Waals surface area contributed by atoms with Crippen molar-refractivity contribution in [2.45, 2.75) is 33.4 Å². The minimum Gasteiger partial charge on any atom is -0.344 e. The van der Waals surface area contributed by atoms with Crippen LogP contribution in [0.4, 0.5) is 0 Å². The number of hydrogen-bond donors (Lipinski definition) is 1. The number of fused-ring (bicyclic) bond motifs is 1. The number of rotatable bonds is 4. The SMILES string of the molecule is Cc1c(C)n(CCc2ccccc2)c2ccc(CN)cc12. The van der Waals surface area contributed by atoms with Gasteiger partial charge < -0.3 is 10.3 Å². The smallest absolute Gasteiger partial charge is 0.0485 e. The van der Waals surface area contributed by atoms with Crippen LogP contribution in [0.15, 0.2) is 48.5 Å². The van der Waals surface area contributed by atoms with Crippen LogP contribution in [-0.4, -0.2) is 4.57 Å². The van der Waals surface area contributed by atoms with Gasteiger partial charge in [0.2, 0.25) is 0 Å². The third-order valence-electron chi connectivity index (χ3n) is 4.41. The van der Waals surface area contributed by atoms with E-state index in [1.807, 2.05) is 0 Å². The van der Waals surface area contributed by atoms with Gasteiger partial charge >= 0.3 is 0 Å². The van der Waals surface area contributed by atoms with Crippen molar-refractivity contribution in [2.24, 2.45) is 5.73 Å². The van der Waals surface area contributed by atoms with E-state index in [2.05, 4.69) is 66.9 Å². The normalized spacial score (nSPS) is 11.2. The summed E-state index contributed by atoms with van der Waals surface area (Å²) in [7, 11) is 0. The van der Waals surface area contributed by atoms with Crippen LogP contribution in [0.3, 0.4) is 0 Å². The van der Waals surface area contributed by atoms with E-state index in [4.69, 9.17) is 5.73 Å². The van der Waals surface area contributed by atoms with Crippen LogP contribution >= 0.6 is 0 Å². The van der Waals surface area contributed by atoms with Crippen LogP contribution in [0.1, 0.15) is 22.4 Å². The van der Waals surface area contributed by atoms with Gasteiger partial charge in [0.1, 0.15) is 0 Å². The molecule has 3 aromatic rings. The molecule has 21 heavy (non-hydrogen) atoms. The minimum atomic E-state index is 0.601. The summed E-state index contributed by atoms with van der Waals surface area (Å²) in [4.78, 5) is 0. The second-order valence-electron chi connectivity index (χ2n) is 5.65. The first-order valence-electron chi connectivity index (χ1n) is 7.53. The highest BCUT2D eigenvalue weighted by Crippen LogP contribution is 2.26. The molecule has 0 aliphatic rings. The van der Waals surface area contributed by atoms with Crippen molar-refractivity contribution in [3.8, 4) is 0 Å². The summed E-state index contributed by atoms with van der Waals surface area (Å²) in [6.45, 7) is 6.03. The van der Waals surface area contributed by atoms with Gasteiger partial charge in [0.05, 0.1) is 0 Å². The van der Waals surface area contributed by atoms with Crippen LogP contribution in [0, 0.1) is 13.8 Å². The Balaban J connectivity index is 1.96. The number of aromatic nitrogens is 1. The highest BCUT2D eigenvalue weighted by molar-refractivity contribution is 5.86. The van der Waals surface area contributed by atoms with Gasteiger partial charge in [0.25, 0.3) is 0 Å². The Bertz CT molecular complexity index is 754. The van der Waals surface area contributed by atoms with Gasteiger partial charge in [-0.2, -0.15) is 0 Å². The zero-order valence-corrected chi connectivity index (χ0v) is 12.8. The Kier molecular flexibility index (Phi) is 3.80. The zero-order chi connectivity index (χ0) is 14.8. The third kappa shape index (κ3) is 2.59. The van der Waals surface area contributed by atoms with Crippen LogP contribution < -0.4 is 5.73 Å². The zero-order valence-electron chi connectivity index (χ0n) is 12.8. The number of benzene rings is 2. The predicted molar refractivity (Wildman–Crippen MR) is 89.4 cm³/mol. The van der Waals surface area contributed by atoms with Crippen molar-refractivity contribution < 1.29 is 0 Å². The topological polar surface area (TPSA) is 30.9 Å². The molecule has 0 aliphatic heterocycles. The predicted octanol–water partition coefficient (Wildman–Crippen LogP) is 3.96. The van der Waals surface area contributed by atoms with Crippen LogP contribution in [0.5, 0.6) is 0 Å². The molecule has 0 saturated heterocycles. The summed E-state index contributed by atoms with van der Waals surface area (Å²) in [6, 6.07) is 17.3. The monoisotopic (exact) mass is 278 g/mol. The molecule has 2 heteroatoms. The lowest BCUT2D eigenvalue weighted by Crippen LogP contribution is -2.03. The number of nitrogens with zero attached hydrogens (tertiary/aromatic N) is 1. The Labute approximate surface area is 126 Å². The maximum atomic E-state index is 5.76. The number of nitrogens with two attached hydrogens (primary N) is 1. The lowest BCUT2D eigenvalue weighted by molar-refractivity contribution is 0.701. The average Bonchev–Trinajstić information content (AvgIpc) is 2.77. The Hall–Kier alpha value is -2.06. The molecular weight excluding hydrogens is 256 g/mol. The van der Waals surface area contributed by atoms with Crippen LogP contribution in [0.25, 0.3) is 10.9 Å². The molecule has 0 unspecified atom stereocenters. The van der Waals surface area contributed by atoms with Crippen molar-refractivity contribution in [3.05, 3.63) is 70.9 Å². The van der Waals surface area contributed by atoms with Gasteiger partial charge in [0.15, 0.2) is 0 Å². The molecule has 2 N–H and O–H groups in total. The molecule has 108 valence electrons. The standard InChI is InChI=1S/C19H22N2/c1-14-15(2)21(11-10-16-6-4-3-5-7-16)19-9-8-17(13-20)12-18(14)19/h3-9,12H,10-11,13,20H2,1-2H3. The van der Waals surface area contributed by atoms with E-state index in [1.165, 1.54) is 33.3 Å². The first-order valence-corrected chi connectivity index (χ1v) is 7.53. The Morgan fingerprint density at radius 3 is 2.43 bits per heavy atom. The summed E-state index contributed by atoms with van der Waals surface area (Å²) < 4.78 is 2.43. The van der Waals surface area contributed by atoms with Crippen molar-refractivity contribution >= 4 is 10.9 Å². The molecule has 2 aromatic carbocycles. The number of hydrogen-bond acceptors (Lipinski definition) is 1. The van der Waals surface area contributed by atoms with E-state index >= 15 is 0 Å². The summed E-state index contributed by atoms with van der Waals surface area (Å²) >= 11 is 0. The lowest BCUT2D eigenvalue weighted by atomic mass is 10.1. The van der Waals surface area contributed by atoms with Crippen LogP contribution in [0.2, 0.25) is 0 Å². The fourth-order valence-electron chi connectivity index (χ4n) is 3.00. The van der Waals surface area contributed by atoms with Gasteiger partial charge in [-0.15, -0.1) is 0 Å². The van der Waals surface area contributed by atoms with Crippen molar-refractivity contribution in [1.82, 2.24) is 4.57 Å². The summed E-state index contributed by atoms with van der Waals surface area (Å²) in [5.41, 5.74) is 12.4. The van der Waals surface area contributed by atoms with Crippen molar-refractivity contribution in [1.29, 1.82) is 0 Å². The van der Waals surface area contributed by atoms with E-state index in [1.54, 1.807) is 0 Å². The maximum Gasteiger partial charge on any atom is 0.0485 e. The summed E-state index contributed by atoms with van der Waals surface area (Å²) in [5.74, 6) is 0. The van der Waals surface area contributed by atoms with Crippen molar-refractivity contribution in [2.75, 3.05) is 0 Å². The molecule has 0 radical (unpaired) electrons. The first kappa shape index (κ1) is 13.9. The molecule has 1 heterocycles. The highest BCUT2D eigenvalue weighted by Gasteiger charge is 2.11. The molecule has 1 aromatic heterocycles. The van der Waals surface area contributed by atoms with E-state index in [-0.39, 0.29) is 0 Å². The maximum absolute atomic E-state index is 5.76. The molecule has 0 bridgehead atoms. The minimum absolute atomic E-state index is 0.601. The van der Waals surface area contributed by atoms with E-state index < -0.39 is 0 Å². The second kappa shape index (κ2) is 5.74. The molecule has 3 rings (SSSR count). The van der Waals surface area contributed by atoms with E-state index in [0.717, 1.165) is 13.0 Å². The van der Waals surface area contributed by atoms with Gasteiger partial charge in [-0.1, -0.05) is 36.4 Å². The largest absolute Gasteiger partial charge is 0.344 e. The fraction of sp³-hybridized carbons (Fsp3) is 0.263. The molecule has 0 saturated carbocycles. The van der Waals surface area contributed by atoms with Gasteiger partial charge in [-0.05, 0) is 49.1 Å². The van der Waals surface area contributed by atoms with Crippen molar-refractivity contribution in [3.63, 3.8) is 0 Å². The van der Waals surface area contributed by atoms with Crippen LogP contribution in [-0.2, 0) is 19.5 Å². The van der Waals surface area contributed by atoms with Gasteiger partial charge in [-0.3, -0.25) is 0 Å². The Morgan fingerprint density at radius 2 is 1.71 bits per heavy atom. The van der Waals surface area contributed by atoms with E-state index in [0.29, 0.717) is 6.54 Å². The third-order valence-corrected chi connectivity index (χ3v) is 4.41. The summed E-state index contributed by atoms with van der Waals surface area (Å²) in [5, 5.41) is 1.34. The molecular formula is C19H22N2. The van der Waals surface area contributed by atoms with E-state index in [9.17, 15) is 0 Å². The van der Waals surface area contributed by atoms with Gasteiger partial charge in [0, 0.05) is 29.7 Å². The average molecular weight is 278 g/mol. The molecule has 0 aliphatic carbocycles. The fourth-order valence-corrected chi connectivity index (χ4v) is 3.00. The second-order valence-corrected chi connectivity index (χ2v) is 5.65. The lowest BCUT2D eigenvalue weighted by Gasteiger charge is -2.09. The molecule has 0 fully saturated rings. The molecule has 0 atom stereocenters. The molecule has 0 spiro atoms. The number of aryl methyl sites for hydroxylation is 3.